The average Bonchev–Trinajstić information content (AvgIpc) is 2.58. The van der Waals surface area contributed by atoms with E-state index in [0.717, 1.165) is 26.0 Å². The van der Waals surface area contributed by atoms with Gasteiger partial charge in [-0.1, -0.05) is 0 Å². The standard InChI is InChI=1S/C12H21NO3/c1-12(2,3)16-11(14)8-6-9-10(7-8)15-5-4-13-9/h8-10,13H,4-7H2,1-3H3/t8?,9-,10+/m0/s1. The number of carbonyl (C=O) groups excluding carboxylic acids is 1. The number of esters is 1. The van der Waals surface area contributed by atoms with Gasteiger partial charge in [-0.3, -0.25) is 4.79 Å². The lowest BCUT2D eigenvalue weighted by molar-refractivity contribution is -0.160. The van der Waals surface area contributed by atoms with Crippen LogP contribution >= 0.6 is 0 Å². The van der Waals surface area contributed by atoms with Crippen LogP contribution in [-0.4, -0.2) is 36.9 Å². The van der Waals surface area contributed by atoms with Crippen molar-refractivity contribution in [1.82, 2.24) is 5.32 Å². The second-order valence-corrected chi connectivity index (χ2v) is 5.67. The molecule has 0 aromatic rings. The zero-order valence-corrected chi connectivity index (χ0v) is 10.3. The van der Waals surface area contributed by atoms with Crippen LogP contribution in [0.25, 0.3) is 0 Å². The fourth-order valence-electron chi connectivity index (χ4n) is 2.43. The summed E-state index contributed by atoms with van der Waals surface area (Å²) in [4.78, 5) is 11.9. The molecule has 1 unspecified atom stereocenters. The van der Waals surface area contributed by atoms with Crippen molar-refractivity contribution in [1.29, 1.82) is 0 Å². The fraction of sp³-hybridized carbons (Fsp3) is 0.917. The van der Waals surface area contributed by atoms with Gasteiger partial charge in [-0.25, -0.2) is 0 Å². The van der Waals surface area contributed by atoms with E-state index in [1.807, 2.05) is 20.8 Å². The van der Waals surface area contributed by atoms with Crippen LogP contribution in [0.5, 0.6) is 0 Å². The molecule has 1 aliphatic carbocycles. The van der Waals surface area contributed by atoms with Crippen molar-refractivity contribution in [3.05, 3.63) is 0 Å². The van der Waals surface area contributed by atoms with E-state index < -0.39 is 0 Å². The summed E-state index contributed by atoms with van der Waals surface area (Å²) in [6.45, 7) is 7.36. The number of ether oxygens (including phenoxy) is 2. The van der Waals surface area contributed by atoms with Crippen molar-refractivity contribution in [3.63, 3.8) is 0 Å². The highest BCUT2D eigenvalue weighted by Gasteiger charge is 2.41. The molecule has 0 bridgehead atoms. The predicted molar refractivity (Wildman–Crippen MR) is 60.1 cm³/mol. The van der Waals surface area contributed by atoms with Gasteiger partial charge in [0.25, 0.3) is 0 Å². The van der Waals surface area contributed by atoms with Crippen molar-refractivity contribution in [2.45, 2.75) is 51.4 Å². The molecule has 3 atom stereocenters. The molecule has 0 aromatic carbocycles. The van der Waals surface area contributed by atoms with Crippen LogP contribution in [0.15, 0.2) is 0 Å². The summed E-state index contributed by atoms with van der Waals surface area (Å²) in [5, 5.41) is 3.40. The van der Waals surface area contributed by atoms with Gasteiger partial charge in [-0.2, -0.15) is 0 Å². The van der Waals surface area contributed by atoms with Gasteiger partial charge in [0.05, 0.1) is 18.6 Å². The van der Waals surface area contributed by atoms with Crippen LogP contribution in [-0.2, 0) is 14.3 Å². The molecule has 1 saturated heterocycles. The maximum Gasteiger partial charge on any atom is 0.309 e. The Morgan fingerprint density at radius 3 is 2.75 bits per heavy atom. The average molecular weight is 227 g/mol. The molecule has 4 nitrogen and oxygen atoms in total. The first kappa shape index (κ1) is 11.9. The van der Waals surface area contributed by atoms with Crippen molar-refractivity contribution >= 4 is 5.97 Å². The van der Waals surface area contributed by atoms with Crippen molar-refractivity contribution < 1.29 is 14.3 Å². The van der Waals surface area contributed by atoms with E-state index in [-0.39, 0.29) is 23.6 Å². The van der Waals surface area contributed by atoms with Gasteiger partial charge in [0, 0.05) is 12.6 Å². The zero-order valence-electron chi connectivity index (χ0n) is 10.3. The minimum Gasteiger partial charge on any atom is -0.460 e. The molecule has 2 aliphatic rings. The van der Waals surface area contributed by atoms with Crippen LogP contribution < -0.4 is 5.32 Å². The van der Waals surface area contributed by atoms with Crippen LogP contribution in [0.3, 0.4) is 0 Å². The summed E-state index contributed by atoms with van der Waals surface area (Å²) >= 11 is 0. The zero-order chi connectivity index (χ0) is 11.8. The highest BCUT2D eigenvalue weighted by molar-refractivity contribution is 5.73. The Balaban J connectivity index is 1.90. The van der Waals surface area contributed by atoms with Gasteiger partial charge >= 0.3 is 5.97 Å². The van der Waals surface area contributed by atoms with Gasteiger partial charge < -0.3 is 14.8 Å². The SMILES string of the molecule is CC(C)(C)OC(=O)C1C[C@@H]2NCCO[C@@H]2C1. The van der Waals surface area contributed by atoms with Crippen molar-refractivity contribution in [3.8, 4) is 0 Å². The van der Waals surface area contributed by atoms with E-state index in [2.05, 4.69) is 5.32 Å². The normalized spacial score (nSPS) is 34.6. The minimum atomic E-state index is -0.390. The lowest BCUT2D eigenvalue weighted by Crippen LogP contribution is -2.44. The Hall–Kier alpha value is -0.610. The van der Waals surface area contributed by atoms with E-state index >= 15 is 0 Å². The highest BCUT2D eigenvalue weighted by atomic mass is 16.6. The first-order valence-electron chi connectivity index (χ1n) is 6.03. The van der Waals surface area contributed by atoms with Crippen LogP contribution in [0, 0.1) is 5.92 Å². The van der Waals surface area contributed by atoms with E-state index in [1.54, 1.807) is 0 Å². The third-order valence-electron chi connectivity index (χ3n) is 3.08. The molecule has 2 fully saturated rings. The van der Waals surface area contributed by atoms with Crippen molar-refractivity contribution in [2.75, 3.05) is 13.2 Å². The molecule has 1 heterocycles. The Kier molecular flexibility index (Phi) is 3.22. The van der Waals surface area contributed by atoms with Crippen LogP contribution in [0.4, 0.5) is 0 Å². The smallest absolute Gasteiger partial charge is 0.309 e. The number of nitrogens with one attached hydrogen (secondary N) is 1. The molecule has 92 valence electrons. The Morgan fingerprint density at radius 1 is 1.38 bits per heavy atom. The molecule has 1 N–H and O–H groups in total. The largest absolute Gasteiger partial charge is 0.460 e. The van der Waals surface area contributed by atoms with E-state index in [1.165, 1.54) is 0 Å². The Labute approximate surface area is 96.7 Å². The number of morpholine rings is 1. The Morgan fingerprint density at radius 2 is 2.12 bits per heavy atom. The van der Waals surface area contributed by atoms with Gasteiger partial charge in [-0.15, -0.1) is 0 Å². The summed E-state index contributed by atoms with van der Waals surface area (Å²) in [6, 6.07) is 0.339. The molecule has 1 saturated carbocycles. The van der Waals surface area contributed by atoms with E-state index in [9.17, 15) is 4.79 Å². The number of hydrogen-bond donors (Lipinski definition) is 1. The quantitative estimate of drug-likeness (QED) is 0.681. The third kappa shape index (κ3) is 2.74. The molecular formula is C12H21NO3. The first-order chi connectivity index (χ1) is 7.46. The number of carbonyl (C=O) groups is 1. The molecule has 0 spiro atoms. The second kappa shape index (κ2) is 4.34. The van der Waals surface area contributed by atoms with Gasteiger partial charge in [0.15, 0.2) is 0 Å². The van der Waals surface area contributed by atoms with Crippen LogP contribution in [0.1, 0.15) is 33.6 Å². The molecular weight excluding hydrogens is 206 g/mol. The van der Waals surface area contributed by atoms with Crippen molar-refractivity contribution in [2.24, 2.45) is 5.92 Å². The highest BCUT2D eigenvalue weighted by Crippen LogP contribution is 2.31. The number of rotatable bonds is 1. The summed E-state index contributed by atoms with van der Waals surface area (Å²) < 4.78 is 11.0. The van der Waals surface area contributed by atoms with Gasteiger partial charge in [-0.05, 0) is 33.6 Å². The third-order valence-corrected chi connectivity index (χ3v) is 3.08. The number of hydrogen-bond acceptors (Lipinski definition) is 4. The maximum absolute atomic E-state index is 11.9. The molecule has 0 amide bonds. The second-order valence-electron chi connectivity index (χ2n) is 5.67. The summed E-state index contributed by atoms with van der Waals surface area (Å²) in [6.07, 6.45) is 1.85. The maximum atomic E-state index is 11.9. The molecule has 0 radical (unpaired) electrons. The topological polar surface area (TPSA) is 47.6 Å². The van der Waals surface area contributed by atoms with Crippen LogP contribution in [0.2, 0.25) is 0 Å². The predicted octanol–water partition coefficient (Wildman–Crippen LogP) is 1.10. The first-order valence-corrected chi connectivity index (χ1v) is 6.03. The molecule has 16 heavy (non-hydrogen) atoms. The minimum absolute atomic E-state index is 0.000162. The lowest BCUT2D eigenvalue weighted by atomic mass is 10.1. The van der Waals surface area contributed by atoms with E-state index in [4.69, 9.17) is 9.47 Å². The Bertz CT molecular complexity index is 258. The van der Waals surface area contributed by atoms with E-state index in [0.29, 0.717) is 6.04 Å². The summed E-state index contributed by atoms with van der Waals surface area (Å²) in [5.41, 5.74) is -0.390. The molecule has 2 rings (SSSR count). The molecule has 4 heteroatoms. The van der Waals surface area contributed by atoms with Gasteiger partial charge in [0.1, 0.15) is 5.60 Å². The molecule has 1 aliphatic heterocycles. The fourth-order valence-corrected chi connectivity index (χ4v) is 2.43. The molecule has 0 aromatic heterocycles. The lowest BCUT2D eigenvalue weighted by Gasteiger charge is -2.26. The number of fused-ring (bicyclic) bond motifs is 1. The summed E-state index contributed by atoms with van der Waals surface area (Å²) in [5.74, 6) is -0.0767. The monoisotopic (exact) mass is 227 g/mol. The van der Waals surface area contributed by atoms with Gasteiger partial charge in [0.2, 0.25) is 0 Å². The summed E-state index contributed by atoms with van der Waals surface area (Å²) in [7, 11) is 0.